The van der Waals surface area contributed by atoms with Gasteiger partial charge in [-0.1, -0.05) is 60.9 Å². The number of hydrogen-bond acceptors (Lipinski definition) is 11. The fourth-order valence-electron chi connectivity index (χ4n) is 13.1. The molecule has 3 aromatic rings. The molecule has 346 valence electrons. The normalized spacial score (nSPS) is 32.9. The van der Waals surface area contributed by atoms with Gasteiger partial charge in [-0.25, -0.2) is 4.99 Å². The molecule has 1 aromatic heterocycles. The molecule has 65 heavy (non-hydrogen) atoms. The van der Waals surface area contributed by atoms with E-state index >= 15 is 0 Å². The highest BCUT2D eigenvalue weighted by atomic mass is 32.1. The van der Waals surface area contributed by atoms with Crippen LogP contribution >= 0.6 is 11.3 Å². The van der Waals surface area contributed by atoms with Crippen molar-refractivity contribution in [3.05, 3.63) is 88.3 Å². The molecule has 5 heterocycles. The largest absolute Gasteiger partial charge is 0.462 e. The first kappa shape index (κ1) is 45.8. The summed E-state index contributed by atoms with van der Waals surface area (Å²) < 4.78 is 5.70. The number of likely N-dealkylation sites (N-methyl/N-ethyl adjacent to an activating group) is 1. The zero-order valence-corrected chi connectivity index (χ0v) is 39.7. The minimum atomic E-state index is -0.902. The average Bonchev–Trinajstić information content (AvgIpc) is 3.83. The number of aliphatic imine (C=N–C) groups is 1. The lowest BCUT2D eigenvalue weighted by molar-refractivity contribution is -0.155. The summed E-state index contributed by atoms with van der Waals surface area (Å²) >= 11 is 1.81. The molecule has 3 saturated heterocycles. The van der Waals surface area contributed by atoms with Gasteiger partial charge in [0.25, 0.3) is 0 Å². The number of aliphatic hydroxyl groups is 2. The molecule has 10 nitrogen and oxygen atoms in total. The second kappa shape index (κ2) is 19.1. The Morgan fingerprint density at radius 3 is 2.40 bits per heavy atom. The number of aryl methyl sites for hydroxylation is 1. The van der Waals surface area contributed by atoms with Crippen molar-refractivity contribution in [1.29, 1.82) is 0 Å². The number of piperidine rings is 1. The number of aliphatic hydroxyl groups excluding tert-OH is 1. The van der Waals surface area contributed by atoms with Gasteiger partial charge in [-0.3, -0.25) is 9.59 Å². The first-order valence-corrected chi connectivity index (χ1v) is 25.2. The van der Waals surface area contributed by atoms with Crippen LogP contribution in [0.25, 0.3) is 0 Å². The van der Waals surface area contributed by atoms with Crippen LogP contribution < -0.4 is 5.32 Å². The molecule has 4 aliphatic carbocycles. The number of terminal acetylenes is 1. The highest BCUT2D eigenvalue weighted by molar-refractivity contribution is 7.16. The Kier molecular flexibility index (Phi) is 13.5. The average molecular weight is 900 g/mol. The summed E-state index contributed by atoms with van der Waals surface area (Å²) in [5.41, 5.74) is 4.60. The molecule has 8 aliphatic rings. The van der Waals surface area contributed by atoms with E-state index in [-0.39, 0.29) is 24.1 Å². The second-order valence-corrected chi connectivity index (χ2v) is 21.8. The Hall–Kier alpha value is -4.31. The summed E-state index contributed by atoms with van der Waals surface area (Å²) in [6, 6.07) is 21.0. The van der Waals surface area contributed by atoms with Gasteiger partial charge >= 0.3 is 5.97 Å². The molecule has 11 rings (SSSR count). The van der Waals surface area contributed by atoms with E-state index in [0.29, 0.717) is 41.5 Å². The van der Waals surface area contributed by atoms with Crippen LogP contribution in [0.1, 0.15) is 106 Å². The molecule has 0 amide bonds. The van der Waals surface area contributed by atoms with Crippen molar-refractivity contribution in [1.82, 2.24) is 14.7 Å². The molecule has 3 saturated carbocycles. The van der Waals surface area contributed by atoms with Gasteiger partial charge in [-0.2, -0.15) is 0 Å². The van der Waals surface area contributed by atoms with Crippen LogP contribution in [0.2, 0.25) is 0 Å². The van der Waals surface area contributed by atoms with E-state index < -0.39 is 11.5 Å². The lowest BCUT2D eigenvalue weighted by atomic mass is 9.50. The Bertz CT molecular complexity index is 2300. The SMILES string of the molecule is C#C[C@]1(O)CC[C@H]2[C@@H]3CCC4=CC(=O)CC[C@@H]4[C@H]3CC[C@@]21C.CN1[C@@H]2CC[C@H]1C[C@@H](OC(=O)C(CO)c1ccccc1)C2.Cc1cc2c(s1)Nc1ccccc1N=C2N1CCN(C)CC1. The number of hydrogen-bond donors (Lipinski definition) is 3. The van der Waals surface area contributed by atoms with Crippen molar-refractivity contribution >= 4 is 45.3 Å². The number of thiophene rings is 1. The quantitative estimate of drug-likeness (QED) is 0.175. The van der Waals surface area contributed by atoms with E-state index in [1.165, 1.54) is 40.3 Å². The number of carbonyl (C=O) groups excluding carboxylic acids is 2. The molecule has 10 atom stereocenters. The van der Waals surface area contributed by atoms with E-state index in [4.69, 9.17) is 16.2 Å². The number of para-hydroxylation sites is 2. The second-order valence-electron chi connectivity index (χ2n) is 20.5. The predicted molar refractivity (Wildman–Crippen MR) is 260 cm³/mol. The van der Waals surface area contributed by atoms with E-state index in [9.17, 15) is 19.8 Å². The van der Waals surface area contributed by atoms with Gasteiger partial charge in [0.05, 0.1) is 23.5 Å². The van der Waals surface area contributed by atoms with Crippen molar-refractivity contribution in [2.45, 2.75) is 121 Å². The zero-order valence-electron chi connectivity index (χ0n) is 38.9. The van der Waals surface area contributed by atoms with E-state index in [0.717, 1.165) is 107 Å². The topological polar surface area (TPSA) is 118 Å². The van der Waals surface area contributed by atoms with Crippen molar-refractivity contribution in [2.75, 3.05) is 52.2 Å². The van der Waals surface area contributed by atoms with Gasteiger partial charge in [0, 0.05) is 55.0 Å². The number of nitrogens with one attached hydrogen (secondary N) is 1. The molecule has 2 bridgehead atoms. The maximum atomic E-state index is 12.4. The van der Waals surface area contributed by atoms with E-state index in [2.05, 4.69) is 84.2 Å². The third-order valence-electron chi connectivity index (χ3n) is 17.0. The van der Waals surface area contributed by atoms with Gasteiger partial charge in [-0.15, -0.1) is 17.8 Å². The molecule has 4 aliphatic heterocycles. The number of ketones is 1. The number of piperazine rings is 1. The van der Waals surface area contributed by atoms with Crippen LogP contribution in [0, 0.1) is 48.4 Å². The van der Waals surface area contributed by atoms with Crippen LogP contribution in [0.4, 0.5) is 16.4 Å². The standard InChI is InChI=1S/C20H26O2.C17H20N4S.C17H23NO3/c1-3-20(22)11-9-18-17-6-4-13-12-14(21)5-7-15(13)16(17)8-10-19(18,20)2;1-12-11-13-16(21-9-7-20(2)8-10-21)18-14-5-3-4-6-15(14)19-17(13)22-12;1-18-13-7-8-14(18)10-15(9-13)21-17(20)16(11-19)12-5-3-2-4-6-12/h1,12,15-18,22H,4-11H2,2H3;3-6,11,19H,7-10H2,1-2H3;2-6,13-16,19H,7-11H2,1H3/t15-,16+,17+,18-,19-,20-;;13-,14+,15+,16?/m0../s1. The smallest absolute Gasteiger partial charge is 0.316 e. The maximum absolute atomic E-state index is 12.4. The van der Waals surface area contributed by atoms with Crippen LogP contribution in [-0.4, -0.2) is 113 Å². The molecule has 0 radical (unpaired) electrons. The lowest BCUT2D eigenvalue weighted by Gasteiger charge is -2.54. The van der Waals surface area contributed by atoms with Crippen molar-refractivity contribution in [2.24, 2.45) is 34.1 Å². The predicted octanol–water partition coefficient (Wildman–Crippen LogP) is 8.86. The highest BCUT2D eigenvalue weighted by Crippen LogP contribution is 2.64. The maximum Gasteiger partial charge on any atom is 0.316 e. The van der Waals surface area contributed by atoms with Crippen molar-refractivity contribution in [3.63, 3.8) is 0 Å². The minimum absolute atomic E-state index is 0.00367. The van der Waals surface area contributed by atoms with Gasteiger partial charge < -0.3 is 35.0 Å². The molecular formula is C54H69N5O5S. The first-order valence-electron chi connectivity index (χ1n) is 24.4. The number of benzene rings is 2. The van der Waals surface area contributed by atoms with Crippen LogP contribution in [0.3, 0.4) is 0 Å². The fourth-order valence-corrected chi connectivity index (χ4v) is 14.1. The molecule has 3 N–H and O–H groups in total. The highest BCUT2D eigenvalue weighted by Gasteiger charge is 2.62. The third kappa shape index (κ3) is 9.11. The van der Waals surface area contributed by atoms with Gasteiger partial charge in [0.2, 0.25) is 0 Å². The number of allylic oxidation sites excluding steroid dienone is 1. The number of anilines is 2. The van der Waals surface area contributed by atoms with Gasteiger partial charge in [-0.05, 0) is 145 Å². The van der Waals surface area contributed by atoms with Crippen LogP contribution in [-0.2, 0) is 14.3 Å². The molecule has 6 fully saturated rings. The Morgan fingerprint density at radius 1 is 0.954 bits per heavy atom. The van der Waals surface area contributed by atoms with Crippen LogP contribution in [0.15, 0.2) is 77.3 Å². The zero-order chi connectivity index (χ0) is 45.5. The fraction of sp³-hybridized carbons (Fsp3) is 0.574. The molecule has 2 aromatic carbocycles. The van der Waals surface area contributed by atoms with Crippen molar-refractivity contribution < 1.29 is 24.5 Å². The van der Waals surface area contributed by atoms with Gasteiger partial charge in [0.1, 0.15) is 28.5 Å². The Labute approximate surface area is 390 Å². The number of carbonyl (C=O) groups is 2. The molecular weight excluding hydrogens is 831 g/mol. The number of rotatable bonds is 4. The first-order chi connectivity index (χ1) is 31.4. The lowest BCUT2D eigenvalue weighted by Crippen LogP contribution is -2.52. The van der Waals surface area contributed by atoms with Crippen molar-refractivity contribution in [3.8, 4) is 12.3 Å². The summed E-state index contributed by atoms with van der Waals surface area (Å²) in [4.78, 5) is 37.6. The Balaban J connectivity index is 0.000000123. The summed E-state index contributed by atoms with van der Waals surface area (Å²) in [5, 5.41) is 25.2. The Morgan fingerprint density at radius 2 is 1.68 bits per heavy atom. The number of nitrogens with zero attached hydrogens (tertiary/aromatic N) is 4. The minimum Gasteiger partial charge on any atom is -0.462 e. The van der Waals surface area contributed by atoms with E-state index in [1.807, 2.05) is 36.4 Å². The summed E-state index contributed by atoms with van der Waals surface area (Å²) in [6.07, 6.45) is 20.0. The summed E-state index contributed by atoms with van der Waals surface area (Å²) in [7, 11) is 4.35. The number of fused-ring (bicyclic) bond motifs is 9. The van der Waals surface area contributed by atoms with Crippen LogP contribution in [0.5, 0.6) is 0 Å². The summed E-state index contributed by atoms with van der Waals surface area (Å²) in [6.45, 7) is 8.43. The number of ether oxygens (including phenoxy) is 1. The molecule has 1 unspecified atom stereocenters. The number of esters is 1. The summed E-state index contributed by atoms with van der Waals surface area (Å²) in [5.74, 6) is 5.91. The van der Waals surface area contributed by atoms with Gasteiger partial charge in [0.15, 0.2) is 5.78 Å². The third-order valence-corrected chi connectivity index (χ3v) is 17.9. The molecule has 0 spiro atoms. The molecule has 11 heteroatoms. The number of amidine groups is 1. The van der Waals surface area contributed by atoms with E-state index in [1.54, 1.807) is 11.3 Å². The monoisotopic (exact) mass is 900 g/mol.